The molecule has 156 valence electrons. The topological polar surface area (TPSA) is 109 Å². The average Bonchev–Trinajstić information content (AvgIpc) is 2.73. The number of hydrogen-bond donors (Lipinski definition) is 1. The summed E-state index contributed by atoms with van der Waals surface area (Å²) in [4.78, 5) is 35.4. The summed E-state index contributed by atoms with van der Waals surface area (Å²) >= 11 is 0. The van der Waals surface area contributed by atoms with Crippen LogP contribution in [0.25, 0.3) is 11.0 Å². The maximum absolute atomic E-state index is 12.3. The molecule has 1 atom stereocenters. The smallest absolute Gasteiger partial charge is 0.336 e. The molecule has 0 fully saturated rings. The molecule has 1 N–H and O–H groups in total. The number of rotatable bonds is 8. The normalized spacial score (nSPS) is 11.8. The Morgan fingerprint density at radius 1 is 1.17 bits per heavy atom. The zero-order chi connectivity index (χ0) is 21.7. The van der Waals surface area contributed by atoms with E-state index in [1.807, 2.05) is 13.0 Å². The molecule has 0 bridgehead atoms. The highest BCUT2D eigenvalue weighted by molar-refractivity contribution is 5.86. The van der Waals surface area contributed by atoms with Crippen molar-refractivity contribution in [2.45, 2.75) is 32.7 Å². The van der Waals surface area contributed by atoms with Gasteiger partial charge in [-0.3, -0.25) is 4.79 Å². The van der Waals surface area contributed by atoms with Crippen LogP contribution in [0, 0.1) is 6.92 Å². The van der Waals surface area contributed by atoms with E-state index in [-0.39, 0.29) is 13.0 Å². The van der Waals surface area contributed by atoms with Crippen LogP contribution < -0.4 is 20.8 Å². The number of hydrogen-bond acceptors (Lipinski definition) is 6. The number of benzene rings is 2. The number of carbonyl (C=O) groups is 2. The second-order valence-electron chi connectivity index (χ2n) is 6.93. The van der Waals surface area contributed by atoms with Gasteiger partial charge in [-0.05, 0) is 43.0 Å². The molecular formula is C23H22NO6-. The number of fused-ring (bicyclic) bond motifs is 1. The SMILES string of the molecule is CCc1cc(=O)oc2c(C)c(OCC(=O)N[C@@H](Cc3ccccc3)C(=O)[O-])ccc12. The molecule has 0 aliphatic carbocycles. The Kier molecular flexibility index (Phi) is 6.51. The van der Waals surface area contributed by atoms with Crippen molar-refractivity contribution in [2.75, 3.05) is 6.61 Å². The van der Waals surface area contributed by atoms with E-state index in [9.17, 15) is 19.5 Å². The Balaban J connectivity index is 1.70. The van der Waals surface area contributed by atoms with Gasteiger partial charge < -0.3 is 24.4 Å². The molecule has 2 aromatic carbocycles. The summed E-state index contributed by atoms with van der Waals surface area (Å²) in [5.41, 5.74) is 2.18. The van der Waals surface area contributed by atoms with Crippen LogP contribution in [-0.2, 0) is 22.4 Å². The van der Waals surface area contributed by atoms with Gasteiger partial charge in [-0.1, -0.05) is 37.3 Å². The number of carbonyl (C=O) groups excluding carboxylic acids is 2. The van der Waals surface area contributed by atoms with E-state index >= 15 is 0 Å². The first-order valence-electron chi connectivity index (χ1n) is 9.62. The molecule has 0 unspecified atom stereocenters. The fraction of sp³-hybridized carbons (Fsp3) is 0.261. The zero-order valence-corrected chi connectivity index (χ0v) is 16.8. The second kappa shape index (κ2) is 9.26. The van der Waals surface area contributed by atoms with Gasteiger partial charge >= 0.3 is 5.63 Å². The first-order valence-corrected chi connectivity index (χ1v) is 9.62. The molecule has 3 rings (SSSR count). The molecule has 30 heavy (non-hydrogen) atoms. The largest absolute Gasteiger partial charge is 0.548 e. The molecule has 0 spiro atoms. The van der Waals surface area contributed by atoms with Crippen molar-refractivity contribution in [3.63, 3.8) is 0 Å². The van der Waals surface area contributed by atoms with E-state index in [0.717, 1.165) is 16.5 Å². The summed E-state index contributed by atoms with van der Waals surface area (Å²) in [6.07, 6.45) is 0.783. The van der Waals surface area contributed by atoms with Crippen molar-refractivity contribution >= 4 is 22.8 Å². The van der Waals surface area contributed by atoms with Gasteiger partial charge in [-0.2, -0.15) is 0 Å². The Morgan fingerprint density at radius 3 is 2.57 bits per heavy atom. The average molecular weight is 408 g/mol. The van der Waals surface area contributed by atoms with Crippen molar-refractivity contribution < 1.29 is 23.8 Å². The van der Waals surface area contributed by atoms with E-state index < -0.39 is 23.5 Å². The number of amides is 1. The Morgan fingerprint density at radius 2 is 1.90 bits per heavy atom. The van der Waals surface area contributed by atoms with E-state index in [4.69, 9.17) is 9.15 Å². The van der Waals surface area contributed by atoms with Crippen LogP contribution in [0.2, 0.25) is 0 Å². The summed E-state index contributed by atoms with van der Waals surface area (Å²) < 4.78 is 10.9. The van der Waals surface area contributed by atoms with Gasteiger partial charge in [0.2, 0.25) is 0 Å². The Hall–Kier alpha value is -3.61. The Bertz CT molecular complexity index is 1120. The highest BCUT2D eigenvalue weighted by Gasteiger charge is 2.16. The van der Waals surface area contributed by atoms with E-state index in [2.05, 4.69) is 5.32 Å². The minimum Gasteiger partial charge on any atom is -0.548 e. The minimum absolute atomic E-state index is 0.106. The zero-order valence-electron chi connectivity index (χ0n) is 16.8. The molecule has 7 nitrogen and oxygen atoms in total. The summed E-state index contributed by atoms with van der Waals surface area (Å²) in [5.74, 6) is -1.59. The molecule has 0 saturated carbocycles. The van der Waals surface area contributed by atoms with Gasteiger partial charge in [0.1, 0.15) is 11.3 Å². The third-order valence-electron chi connectivity index (χ3n) is 4.84. The van der Waals surface area contributed by atoms with Crippen molar-refractivity contribution in [3.05, 3.63) is 75.6 Å². The van der Waals surface area contributed by atoms with Crippen LogP contribution in [0.3, 0.4) is 0 Å². The lowest BCUT2D eigenvalue weighted by molar-refractivity contribution is -0.308. The van der Waals surface area contributed by atoms with Crippen LogP contribution in [0.4, 0.5) is 0 Å². The first-order chi connectivity index (χ1) is 14.4. The molecule has 0 aliphatic heterocycles. The van der Waals surface area contributed by atoms with Crippen molar-refractivity contribution in [1.29, 1.82) is 0 Å². The molecule has 7 heteroatoms. The summed E-state index contributed by atoms with van der Waals surface area (Å²) in [6, 6.07) is 12.7. The van der Waals surface area contributed by atoms with E-state index in [1.54, 1.807) is 43.3 Å². The maximum atomic E-state index is 12.3. The number of ether oxygens (including phenoxy) is 1. The quantitative estimate of drug-likeness (QED) is 0.566. The van der Waals surface area contributed by atoms with Crippen LogP contribution in [0.5, 0.6) is 5.75 Å². The van der Waals surface area contributed by atoms with Gasteiger partial charge in [-0.25, -0.2) is 4.79 Å². The van der Waals surface area contributed by atoms with Gasteiger partial charge in [0.25, 0.3) is 5.91 Å². The van der Waals surface area contributed by atoms with Crippen LogP contribution in [0.1, 0.15) is 23.6 Å². The lowest BCUT2D eigenvalue weighted by Crippen LogP contribution is -2.50. The van der Waals surface area contributed by atoms with E-state index in [0.29, 0.717) is 23.3 Å². The molecular weight excluding hydrogens is 386 g/mol. The molecule has 0 radical (unpaired) electrons. The van der Waals surface area contributed by atoms with Crippen LogP contribution >= 0.6 is 0 Å². The fourth-order valence-corrected chi connectivity index (χ4v) is 3.28. The van der Waals surface area contributed by atoms with Crippen LogP contribution in [0.15, 0.2) is 57.7 Å². The lowest BCUT2D eigenvalue weighted by Gasteiger charge is -2.20. The fourth-order valence-electron chi connectivity index (χ4n) is 3.28. The van der Waals surface area contributed by atoms with Crippen molar-refractivity contribution in [1.82, 2.24) is 5.32 Å². The summed E-state index contributed by atoms with van der Waals surface area (Å²) in [7, 11) is 0. The monoisotopic (exact) mass is 408 g/mol. The lowest BCUT2D eigenvalue weighted by atomic mass is 10.0. The van der Waals surface area contributed by atoms with Crippen LogP contribution in [-0.4, -0.2) is 24.5 Å². The molecule has 1 heterocycles. The van der Waals surface area contributed by atoms with Crippen molar-refractivity contribution in [3.8, 4) is 5.75 Å². The van der Waals surface area contributed by atoms with Gasteiger partial charge in [0.05, 0.1) is 12.0 Å². The summed E-state index contributed by atoms with van der Waals surface area (Å²) in [6.45, 7) is 3.29. The predicted molar refractivity (Wildman–Crippen MR) is 109 cm³/mol. The number of carboxylic acid groups (broad SMARTS) is 1. The molecule has 1 amide bonds. The first kappa shape index (κ1) is 21.1. The predicted octanol–water partition coefficient (Wildman–Crippen LogP) is 1.52. The Labute approximate surface area is 173 Å². The molecule has 3 aromatic rings. The highest BCUT2D eigenvalue weighted by Crippen LogP contribution is 2.28. The number of aryl methyl sites for hydroxylation is 2. The maximum Gasteiger partial charge on any atom is 0.336 e. The number of aliphatic carboxylic acids is 1. The minimum atomic E-state index is -1.37. The number of carboxylic acids is 1. The highest BCUT2D eigenvalue weighted by atomic mass is 16.5. The van der Waals surface area contributed by atoms with Gasteiger partial charge in [0.15, 0.2) is 6.61 Å². The van der Waals surface area contributed by atoms with Gasteiger partial charge in [-0.15, -0.1) is 0 Å². The standard InChI is InChI=1S/C23H23NO6/c1-3-16-12-21(26)30-22-14(2)19(10-9-17(16)22)29-13-20(25)24-18(23(27)28)11-15-7-5-4-6-8-15/h4-10,12,18H,3,11,13H2,1-2H3,(H,24,25)(H,27,28)/p-1/t18-/m0/s1. The third kappa shape index (κ3) is 4.86. The molecule has 1 aromatic heterocycles. The number of nitrogens with one attached hydrogen (secondary N) is 1. The summed E-state index contributed by atoms with van der Waals surface area (Å²) in [5, 5.41) is 14.6. The van der Waals surface area contributed by atoms with E-state index in [1.165, 1.54) is 6.07 Å². The molecule has 0 saturated heterocycles. The molecule has 0 aliphatic rings. The third-order valence-corrected chi connectivity index (χ3v) is 4.84. The second-order valence-corrected chi connectivity index (χ2v) is 6.93. The van der Waals surface area contributed by atoms with Crippen molar-refractivity contribution in [2.24, 2.45) is 0 Å². The van der Waals surface area contributed by atoms with Gasteiger partial charge in [0, 0.05) is 17.0 Å².